The van der Waals surface area contributed by atoms with Gasteiger partial charge in [0.05, 0.1) is 16.2 Å². The van der Waals surface area contributed by atoms with Crippen LogP contribution in [0.25, 0.3) is 6.08 Å². The summed E-state index contributed by atoms with van der Waals surface area (Å²) in [6.45, 7) is 4.18. The molecule has 2 nitrogen and oxygen atoms in total. The topological polar surface area (TPSA) is 20.3 Å². The molecule has 0 N–H and O–H groups in total. The van der Waals surface area contributed by atoms with Crippen LogP contribution < -0.4 is 4.90 Å². The van der Waals surface area contributed by atoms with Crippen LogP contribution in [0.2, 0.25) is 0 Å². The molecule has 1 aliphatic heterocycles. The summed E-state index contributed by atoms with van der Waals surface area (Å²) in [5.41, 5.74) is 1.32. The third kappa shape index (κ3) is 4.25. The van der Waals surface area contributed by atoms with Crippen molar-refractivity contribution in [3.05, 3.63) is 70.1 Å². The first-order chi connectivity index (χ1) is 12.7. The van der Waals surface area contributed by atoms with E-state index in [2.05, 4.69) is 13.8 Å². The molecule has 0 spiro atoms. The minimum absolute atomic E-state index is 0.117. The van der Waals surface area contributed by atoms with Gasteiger partial charge in [-0.25, -0.2) is 0 Å². The molecule has 1 saturated heterocycles. The Labute approximate surface area is 165 Å². The Hall–Kier alpha value is -2.12. The number of carbonyl (C=O) groups is 1. The van der Waals surface area contributed by atoms with Crippen molar-refractivity contribution >= 4 is 46.0 Å². The molecule has 0 aromatic heterocycles. The van der Waals surface area contributed by atoms with Gasteiger partial charge in [0.1, 0.15) is 0 Å². The first-order valence-corrected chi connectivity index (χ1v) is 9.44. The third-order valence-corrected chi connectivity index (χ3v) is 5.43. The normalized spacial score (nSPS) is 16.7. The number of thiocarbonyl (C=S) groups is 1. The number of amides is 1. The van der Waals surface area contributed by atoms with Gasteiger partial charge >= 0.3 is 6.18 Å². The predicted molar refractivity (Wildman–Crippen MR) is 108 cm³/mol. The van der Waals surface area contributed by atoms with Crippen LogP contribution in [0.3, 0.4) is 0 Å². The number of rotatable bonds is 3. The van der Waals surface area contributed by atoms with Gasteiger partial charge < -0.3 is 0 Å². The third-order valence-electron chi connectivity index (χ3n) is 4.13. The minimum Gasteiger partial charge on any atom is -0.268 e. The highest BCUT2D eigenvalue weighted by atomic mass is 32.2. The van der Waals surface area contributed by atoms with Crippen molar-refractivity contribution < 1.29 is 18.0 Å². The molecule has 1 aliphatic rings. The van der Waals surface area contributed by atoms with Crippen molar-refractivity contribution in [3.8, 4) is 0 Å². The summed E-state index contributed by atoms with van der Waals surface area (Å²) < 4.78 is 39.1. The molecule has 140 valence electrons. The molecule has 1 heterocycles. The number of carbonyl (C=O) groups excluding carboxylic acids is 1. The lowest BCUT2D eigenvalue weighted by atomic mass is 10.0. The zero-order valence-electron chi connectivity index (χ0n) is 14.6. The maximum absolute atomic E-state index is 12.9. The van der Waals surface area contributed by atoms with Crippen LogP contribution in [0.15, 0.2) is 53.4 Å². The Balaban J connectivity index is 1.89. The zero-order chi connectivity index (χ0) is 19.8. The van der Waals surface area contributed by atoms with Crippen molar-refractivity contribution in [2.45, 2.75) is 25.9 Å². The molecule has 0 radical (unpaired) electrons. The highest BCUT2D eigenvalue weighted by Gasteiger charge is 2.36. The Morgan fingerprint density at radius 2 is 1.78 bits per heavy atom. The van der Waals surface area contributed by atoms with Gasteiger partial charge in [-0.1, -0.05) is 68.2 Å². The van der Waals surface area contributed by atoms with Gasteiger partial charge in [0.2, 0.25) is 0 Å². The van der Waals surface area contributed by atoms with Crippen LogP contribution in [-0.4, -0.2) is 10.2 Å². The molecule has 0 bridgehead atoms. The summed E-state index contributed by atoms with van der Waals surface area (Å²) in [7, 11) is 0. The van der Waals surface area contributed by atoms with E-state index in [1.54, 1.807) is 6.08 Å². The van der Waals surface area contributed by atoms with Crippen molar-refractivity contribution in [3.63, 3.8) is 0 Å². The number of hydrogen-bond acceptors (Lipinski definition) is 3. The second-order valence-electron chi connectivity index (χ2n) is 6.39. The quantitative estimate of drug-likeness (QED) is 0.444. The van der Waals surface area contributed by atoms with Crippen molar-refractivity contribution in [1.82, 2.24) is 0 Å². The molecule has 0 saturated carbocycles. The van der Waals surface area contributed by atoms with E-state index in [0.717, 1.165) is 34.4 Å². The molecule has 1 amide bonds. The van der Waals surface area contributed by atoms with Gasteiger partial charge in [-0.2, -0.15) is 13.2 Å². The summed E-state index contributed by atoms with van der Waals surface area (Å²) in [5, 5.41) is 0. The van der Waals surface area contributed by atoms with Crippen LogP contribution in [-0.2, 0) is 11.0 Å². The number of nitrogens with zero attached hydrogens (tertiary/aromatic N) is 1. The number of anilines is 1. The summed E-state index contributed by atoms with van der Waals surface area (Å²) in [5.74, 6) is -0.0181. The fraction of sp³-hybridized carbons (Fsp3) is 0.200. The standard InChI is InChI=1S/C20H16F3NOS2/c1-12(2)14-8-6-13(7-9-14)10-17-18(25)24(19(26)27-17)16-5-3-4-15(11-16)20(21,22)23/h3-12H,1-2H3/b17-10-. The Kier molecular flexibility index (Phi) is 5.44. The monoisotopic (exact) mass is 407 g/mol. The molecule has 2 aromatic rings. The van der Waals surface area contributed by atoms with Gasteiger partial charge in [-0.05, 0) is 41.3 Å². The van der Waals surface area contributed by atoms with Crippen LogP contribution in [0.1, 0.15) is 36.5 Å². The smallest absolute Gasteiger partial charge is 0.268 e. The van der Waals surface area contributed by atoms with E-state index in [9.17, 15) is 18.0 Å². The lowest BCUT2D eigenvalue weighted by Gasteiger charge is -2.16. The maximum atomic E-state index is 12.9. The minimum atomic E-state index is -4.48. The summed E-state index contributed by atoms with van der Waals surface area (Å²) in [4.78, 5) is 14.3. The Morgan fingerprint density at radius 1 is 1.11 bits per heavy atom. The Bertz CT molecular complexity index is 918. The van der Waals surface area contributed by atoms with Gasteiger partial charge in [-0.3, -0.25) is 9.69 Å². The summed E-state index contributed by atoms with van der Waals surface area (Å²) in [6.07, 6.45) is -2.78. The molecule has 7 heteroatoms. The highest BCUT2D eigenvalue weighted by Crippen LogP contribution is 2.38. The zero-order valence-corrected chi connectivity index (χ0v) is 16.2. The lowest BCUT2D eigenvalue weighted by molar-refractivity contribution is -0.137. The van der Waals surface area contributed by atoms with E-state index in [4.69, 9.17) is 12.2 Å². The van der Waals surface area contributed by atoms with Gasteiger partial charge in [0.15, 0.2) is 4.32 Å². The summed E-state index contributed by atoms with van der Waals surface area (Å²) >= 11 is 6.31. The van der Waals surface area contributed by atoms with E-state index in [1.165, 1.54) is 17.7 Å². The van der Waals surface area contributed by atoms with Crippen molar-refractivity contribution in [1.29, 1.82) is 0 Å². The number of alkyl halides is 3. The lowest BCUT2D eigenvalue weighted by Crippen LogP contribution is -2.27. The predicted octanol–water partition coefficient (Wildman–Crippen LogP) is 6.23. The number of benzene rings is 2. The van der Waals surface area contributed by atoms with Crippen LogP contribution in [0.4, 0.5) is 18.9 Å². The molecule has 27 heavy (non-hydrogen) atoms. The molecule has 0 unspecified atom stereocenters. The fourth-order valence-corrected chi connectivity index (χ4v) is 3.94. The second-order valence-corrected chi connectivity index (χ2v) is 8.06. The number of thioether (sulfide) groups is 1. The number of halogens is 3. The molecular formula is C20H16F3NOS2. The SMILES string of the molecule is CC(C)c1ccc(/C=C2\SC(=S)N(c3cccc(C(F)(F)F)c3)C2=O)cc1. The van der Waals surface area contributed by atoms with E-state index in [-0.39, 0.29) is 10.0 Å². The molecular weight excluding hydrogens is 391 g/mol. The molecule has 3 rings (SSSR count). The van der Waals surface area contributed by atoms with Crippen LogP contribution in [0, 0.1) is 0 Å². The maximum Gasteiger partial charge on any atom is 0.416 e. The first-order valence-electron chi connectivity index (χ1n) is 8.22. The van der Waals surface area contributed by atoms with Crippen LogP contribution in [0.5, 0.6) is 0 Å². The van der Waals surface area contributed by atoms with E-state index in [1.807, 2.05) is 24.3 Å². The van der Waals surface area contributed by atoms with Crippen LogP contribution >= 0.6 is 24.0 Å². The largest absolute Gasteiger partial charge is 0.416 e. The summed E-state index contributed by atoms with van der Waals surface area (Å²) in [6, 6.07) is 12.4. The molecule has 1 fully saturated rings. The van der Waals surface area contributed by atoms with E-state index in [0.29, 0.717) is 10.8 Å². The van der Waals surface area contributed by atoms with Gasteiger partial charge in [0.25, 0.3) is 5.91 Å². The second kappa shape index (κ2) is 7.48. The molecule has 2 aromatic carbocycles. The fourth-order valence-electron chi connectivity index (χ4n) is 2.64. The first kappa shape index (κ1) is 19.6. The highest BCUT2D eigenvalue weighted by molar-refractivity contribution is 8.27. The van der Waals surface area contributed by atoms with E-state index < -0.39 is 17.6 Å². The van der Waals surface area contributed by atoms with Crippen molar-refractivity contribution in [2.75, 3.05) is 4.90 Å². The van der Waals surface area contributed by atoms with Gasteiger partial charge in [0, 0.05) is 0 Å². The molecule has 0 atom stereocenters. The Morgan fingerprint density at radius 3 is 2.37 bits per heavy atom. The average molecular weight is 407 g/mol. The number of hydrogen-bond donors (Lipinski definition) is 0. The van der Waals surface area contributed by atoms with Gasteiger partial charge in [-0.15, -0.1) is 0 Å². The average Bonchev–Trinajstić information content (AvgIpc) is 2.88. The molecule has 0 aliphatic carbocycles. The van der Waals surface area contributed by atoms with Crippen molar-refractivity contribution in [2.24, 2.45) is 0 Å². The van der Waals surface area contributed by atoms with E-state index >= 15 is 0 Å².